The molecule has 0 aromatic heterocycles. The van der Waals surface area contributed by atoms with E-state index in [9.17, 15) is 14.4 Å². The van der Waals surface area contributed by atoms with Crippen molar-refractivity contribution in [2.45, 2.75) is 32.1 Å². The first-order valence-corrected chi connectivity index (χ1v) is 8.91. The van der Waals surface area contributed by atoms with Crippen molar-refractivity contribution in [2.24, 2.45) is 5.92 Å². The van der Waals surface area contributed by atoms with Crippen molar-refractivity contribution in [3.05, 3.63) is 28.2 Å². The number of hydrogen-bond acceptors (Lipinski definition) is 3. The number of hydrogen-bond donors (Lipinski definition) is 2. The second-order valence-electron chi connectivity index (χ2n) is 5.92. The summed E-state index contributed by atoms with van der Waals surface area (Å²) in [6, 6.07) is 4.88. The summed E-state index contributed by atoms with van der Waals surface area (Å²) in [7, 11) is 0. The van der Waals surface area contributed by atoms with E-state index in [1.807, 2.05) is 0 Å². The first kappa shape index (κ1) is 19.5. The van der Waals surface area contributed by atoms with E-state index in [-0.39, 0.29) is 18.2 Å². The molecule has 1 unspecified atom stereocenters. The van der Waals surface area contributed by atoms with Crippen molar-refractivity contribution in [1.82, 2.24) is 5.32 Å². The lowest BCUT2D eigenvalue weighted by Crippen LogP contribution is -2.37. The number of halogens is 2. The Hall–Kier alpha value is -1.79. The van der Waals surface area contributed by atoms with E-state index < -0.39 is 11.9 Å². The first-order valence-electron chi connectivity index (χ1n) is 8.16. The lowest BCUT2D eigenvalue weighted by molar-refractivity contribution is -0.137. The fourth-order valence-corrected chi connectivity index (χ4v) is 3.15. The molecule has 2 amide bonds. The Morgan fingerprint density at radius 1 is 1.24 bits per heavy atom. The number of carbonyl (C=O) groups is 3. The van der Waals surface area contributed by atoms with E-state index >= 15 is 0 Å². The second-order valence-corrected chi connectivity index (χ2v) is 6.77. The molecule has 0 radical (unpaired) electrons. The zero-order valence-electron chi connectivity index (χ0n) is 13.6. The molecule has 1 aromatic carbocycles. The van der Waals surface area contributed by atoms with Gasteiger partial charge >= 0.3 is 5.97 Å². The molecule has 1 aliphatic rings. The molecule has 0 aliphatic carbocycles. The number of carboxylic acid groups (broad SMARTS) is 1. The predicted octanol–water partition coefficient (Wildman–Crippen LogP) is 3.11. The standard InChI is InChI=1S/C17H20Cl2N2O4/c18-11-5-6-13(19)14(10-11)21-9-7-12(17(21)25)16(24)20-8-3-1-2-4-15(22)23/h5-6,10,12H,1-4,7-9H2,(H,20,24)(H,22,23). The maximum atomic E-state index is 12.5. The predicted molar refractivity (Wildman–Crippen MR) is 96.0 cm³/mol. The van der Waals surface area contributed by atoms with Crippen molar-refractivity contribution >= 4 is 46.7 Å². The number of aliphatic carboxylic acids is 1. The van der Waals surface area contributed by atoms with Crippen LogP contribution < -0.4 is 10.2 Å². The molecule has 1 heterocycles. The minimum absolute atomic E-state index is 0.129. The van der Waals surface area contributed by atoms with Crippen molar-refractivity contribution < 1.29 is 19.5 Å². The number of rotatable bonds is 8. The van der Waals surface area contributed by atoms with Gasteiger partial charge in [0.2, 0.25) is 11.8 Å². The Kier molecular flexibility index (Phi) is 7.08. The van der Waals surface area contributed by atoms with Crippen LogP contribution in [0.2, 0.25) is 10.0 Å². The number of benzene rings is 1. The SMILES string of the molecule is O=C(O)CCCCCNC(=O)C1CCN(c2cc(Cl)ccc2Cl)C1=O. The van der Waals surface area contributed by atoms with Crippen molar-refractivity contribution in [3.63, 3.8) is 0 Å². The van der Waals surface area contributed by atoms with Gasteiger partial charge < -0.3 is 15.3 Å². The number of nitrogens with zero attached hydrogens (tertiary/aromatic N) is 1. The molecule has 136 valence electrons. The fraction of sp³-hybridized carbons (Fsp3) is 0.471. The largest absolute Gasteiger partial charge is 0.481 e. The molecule has 0 bridgehead atoms. The highest BCUT2D eigenvalue weighted by Gasteiger charge is 2.38. The highest BCUT2D eigenvalue weighted by atomic mass is 35.5. The van der Waals surface area contributed by atoms with Gasteiger partial charge in [0.25, 0.3) is 0 Å². The number of carboxylic acids is 1. The van der Waals surface area contributed by atoms with Gasteiger partial charge in [0.15, 0.2) is 0 Å². The van der Waals surface area contributed by atoms with Gasteiger partial charge in [-0.15, -0.1) is 0 Å². The number of amides is 2. The smallest absolute Gasteiger partial charge is 0.303 e. The molecule has 8 heteroatoms. The number of anilines is 1. The van der Waals surface area contributed by atoms with Gasteiger partial charge in [-0.1, -0.05) is 29.6 Å². The highest BCUT2D eigenvalue weighted by Crippen LogP contribution is 2.33. The summed E-state index contributed by atoms with van der Waals surface area (Å²) in [5.74, 6) is -2.13. The molecule has 1 aromatic rings. The fourth-order valence-electron chi connectivity index (χ4n) is 2.77. The van der Waals surface area contributed by atoms with Crippen LogP contribution in [-0.2, 0) is 14.4 Å². The van der Waals surface area contributed by atoms with E-state index in [1.165, 1.54) is 4.90 Å². The van der Waals surface area contributed by atoms with Crippen LogP contribution in [0.15, 0.2) is 18.2 Å². The third-order valence-corrected chi connectivity index (χ3v) is 4.64. The Balaban J connectivity index is 1.83. The van der Waals surface area contributed by atoms with Gasteiger partial charge in [-0.3, -0.25) is 14.4 Å². The third-order valence-electron chi connectivity index (χ3n) is 4.09. The van der Waals surface area contributed by atoms with Gasteiger partial charge in [-0.2, -0.15) is 0 Å². The highest BCUT2D eigenvalue weighted by molar-refractivity contribution is 6.36. The van der Waals surface area contributed by atoms with Gasteiger partial charge in [-0.25, -0.2) is 0 Å². The summed E-state index contributed by atoms with van der Waals surface area (Å²) in [6.45, 7) is 0.843. The van der Waals surface area contributed by atoms with E-state index in [0.29, 0.717) is 48.1 Å². The average molecular weight is 387 g/mol. The number of carbonyl (C=O) groups excluding carboxylic acids is 2. The minimum Gasteiger partial charge on any atom is -0.481 e. The van der Waals surface area contributed by atoms with Gasteiger partial charge in [0, 0.05) is 24.5 Å². The van der Waals surface area contributed by atoms with Crippen molar-refractivity contribution in [1.29, 1.82) is 0 Å². The Labute approximate surface area is 156 Å². The summed E-state index contributed by atoms with van der Waals surface area (Å²) in [6.07, 6.45) is 2.53. The maximum Gasteiger partial charge on any atom is 0.303 e. The van der Waals surface area contributed by atoms with Crippen LogP contribution >= 0.6 is 23.2 Å². The quantitative estimate of drug-likeness (QED) is 0.530. The van der Waals surface area contributed by atoms with Gasteiger partial charge in [-0.05, 0) is 37.5 Å². The molecule has 2 rings (SSSR count). The summed E-state index contributed by atoms with van der Waals surface area (Å²) in [5, 5.41) is 12.2. The Morgan fingerprint density at radius 3 is 2.72 bits per heavy atom. The number of nitrogens with one attached hydrogen (secondary N) is 1. The summed E-state index contributed by atoms with van der Waals surface area (Å²) in [4.78, 5) is 36.6. The molecule has 1 saturated heterocycles. The lowest BCUT2D eigenvalue weighted by Gasteiger charge is -2.18. The monoisotopic (exact) mass is 386 g/mol. The normalized spacial score (nSPS) is 17.0. The topological polar surface area (TPSA) is 86.7 Å². The van der Waals surface area contributed by atoms with Crippen LogP contribution in [0.3, 0.4) is 0 Å². The van der Waals surface area contributed by atoms with Crippen LogP contribution in [0.5, 0.6) is 0 Å². The minimum atomic E-state index is -0.819. The summed E-state index contributed by atoms with van der Waals surface area (Å²) in [5.41, 5.74) is 0.517. The van der Waals surface area contributed by atoms with Crippen LogP contribution in [0, 0.1) is 5.92 Å². The molecule has 6 nitrogen and oxygen atoms in total. The van der Waals surface area contributed by atoms with Crippen LogP contribution in [-0.4, -0.2) is 36.0 Å². The summed E-state index contributed by atoms with van der Waals surface area (Å²) >= 11 is 12.1. The molecule has 1 aliphatic heterocycles. The molecule has 0 saturated carbocycles. The van der Waals surface area contributed by atoms with Crippen LogP contribution in [0.4, 0.5) is 5.69 Å². The molecule has 0 spiro atoms. The molecule has 1 fully saturated rings. The van der Waals surface area contributed by atoms with E-state index in [2.05, 4.69) is 5.32 Å². The summed E-state index contributed by atoms with van der Waals surface area (Å²) < 4.78 is 0. The van der Waals surface area contributed by atoms with E-state index in [0.717, 1.165) is 6.42 Å². The Bertz CT molecular complexity index is 666. The van der Waals surface area contributed by atoms with E-state index in [1.54, 1.807) is 18.2 Å². The van der Waals surface area contributed by atoms with Gasteiger partial charge in [0.05, 0.1) is 10.7 Å². The van der Waals surface area contributed by atoms with Crippen molar-refractivity contribution in [2.75, 3.05) is 18.0 Å². The maximum absolute atomic E-state index is 12.5. The molecule has 25 heavy (non-hydrogen) atoms. The lowest BCUT2D eigenvalue weighted by atomic mass is 10.1. The zero-order valence-corrected chi connectivity index (χ0v) is 15.1. The molecular weight excluding hydrogens is 367 g/mol. The van der Waals surface area contributed by atoms with Crippen molar-refractivity contribution in [3.8, 4) is 0 Å². The average Bonchev–Trinajstić information content (AvgIpc) is 2.94. The van der Waals surface area contributed by atoms with Gasteiger partial charge in [0.1, 0.15) is 5.92 Å². The van der Waals surface area contributed by atoms with Crippen LogP contribution in [0.1, 0.15) is 32.1 Å². The Morgan fingerprint density at radius 2 is 2.00 bits per heavy atom. The molecule has 1 atom stereocenters. The third kappa shape index (κ3) is 5.34. The van der Waals surface area contributed by atoms with E-state index in [4.69, 9.17) is 28.3 Å². The van der Waals surface area contributed by atoms with Crippen LogP contribution in [0.25, 0.3) is 0 Å². The zero-order chi connectivity index (χ0) is 18.4. The molecule has 2 N–H and O–H groups in total. The number of unbranched alkanes of at least 4 members (excludes halogenated alkanes) is 2. The first-order chi connectivity index (χ1) is 11.9. The molecular formula is C17H20Cl2N2O4. The second kappa shape index (κ2) is 9.06.